The van der Waals surface area contributed by atoms with Crippen LogP contribution in [0.1, 0.15) is 0 Å². The second kappa shape index (κ2) is 15.0. The molecule has 7 aromatic carbocycles. The largest absolute Gasteiger partial charge is 0.166 e. The van der Waals surface area contributed by atoms with Crippen molar-refractivity contribution >= 4 is 45.3 Å². The summed E-state index contributed by atoms with van der Waals surface area (Å²) in [5.74, 6) is 0. The Morgan fingerprint density at radius 2 is 0.413 bits per heavy atom. The van der Waals surface area contributed by atoms with E-state index in [0.717, 1.165) is 0 Å². The summed E-state index contributed by atoms with van der Waals surface area (Å²) in [5, 5.41) is 0. The highest BCUT2D eigenvalue weighted by atomic mass is 32.2. The molecule has 0 nitrogen and oxygen atoms in total. The van der Waals surface area contributed by atoms with Gasteiger partial charge in [-0.3, -0.25) is 0 Å². The van der Waals surface area contributed by atoms with E-state index < -0.39 is 0 Å². The first kappa shape index (κ1) is 30.6. The Balaban J connectivity index is 1.03. The van der Waals surface area contributed by atoms with Crippen LogP contribution in [0.3, 0.4) is 0 Å². The van der Waals surface area contributed by atoms with Gasteiger partial charge in [-0.2, -0.15) is 0 Å². The van der Waals surface area contributed by atoms with E-state index in [4.69, 9.17) is 0 Å². The van der Waals surface area contributed by atoms with Gasteiger partial charge in [0.05, 0.1) is 21.8 Å². The second-order valence-corrected chi connectivity index (χ2v) is 16.8. The lowest BCUT2D eigenvalue weighted by atomic mass is 10.3. The second-order valence-electron chi connectivity index (χ2n) is 10.5. The van der Waals surface area contributed by atoms with Gasteiger partial charge in [-0.05, 0) is 121 Å². The summed E-state index contributed by atoms with van der Waals surface area (Å²) in [4.78, 5) is 13.0. The van der Waals surface area contributed by atoms with Gasteiger partial charge >= 0.3 is 0 Å². The van der Waals surface area contributed by atoms with Crippen LogP contribution in [0.25, 0.3) is 0 Å². The Morgan fingerprint density at radius 1 is 0.217 bits per heavy atom. The molecule has 0 aliphatic carbocycles. The monoisotopic (exact) mass is 664 g/mol. The van der Waals surface area contributed by atoms with E-state index >= 15 is 0 Å². The SMILES string of the molecule is c1ccc([S+](c2ccccc2)c2ccc(Sc3ccc(Sc4ccc([S+](c5ccccc5)c5ccccc5)cc4)cc3)cc2)cc1. The molecule has 0 atom stereocenters. The fourth-order valence-corrected chi connectivity index (χ4v) is 11.0. The van der Waals surface area contributed by atoms with Crippen LogP contribution in [0, 0.1) is 0 Å². The molecule has 0 aliphatic rings. The molecule has 0 spiro atoms. The molecule has 4 heteroatoms. The van der Waals surface area contributed by atoms with Gasteiger partial charge in [0.25, 0.3) is 0 Å². The number of rotatable bonds is 10. The third-order valence-corrected chi connectivity index (χ3v) is 13.8. The first-order valence-electron chi connectivity index (χ1n) is 15.1. The zero-order valence-electron chi connectivity index (χ0n) is 25.1. The quantitative estimate of drug-likeness (QED) is 0.133. The lowest BCUT2D eigenvalue weighted by Gasteiger charge is -2.09. The molecule has 0 saturated heterocycles. The Labute approximate surface area is 286 Å². The van der Waals surface area contributed by atoms with Gasteiger partial charge in [0.2, 0.25) is 0 Å². The van der Waals surface area contributed by atoms with E-state index in [-0.39, 0.29) is 21.8 Å². The van der Waals surface area contributed by atoms with Crippen molar-refractivity contribution in [3.05, 3.63) is 194 Å². The molecule has 222 valence electrons. The van der Waals surface area contributed by atoms with Crippen LogP contribution in [0.2, 0.25) is 0 Å². The van der Waals surface area contributed by atoms with Gasteiger partial charge in [0.1, 0.15) is 0 Å². The highest BCUT2D eigenvalue weighted by molar-refractivity contribution is 8.00. The first-order valence-corrected chi connectivity index (χ1v) is 19.2. The maximum absolute atomic E-state index is 2.29. The fraction of sp³-hybridized carbons (Fsp3) is 0. The molecule has 46 heavy (non-hydrogen) atoms. The third-order valence-electron chi connectivity index (χ3n) is 7.33. The highest BCUT2D eigenvalue weighted by Gasteiger charge is 2.29. The van der Waals surface area contributed by atoms with Crippen molar-refractivity contribution in [2.75, 3.05) is 0 Å². The van der Waals surface area contributed by atoms with Crippen LogP contribution < -0.4 is 0 Å². The van der Waals surface area contributed by atoms with Crippen molar-refractivity contribution in [3.8, 4) is 0 Å². The first-order chi connectivity index (χ1) is 22.8. The van der Waals surface area contributed by atoms with E-state index in [1.807, 2.05) is 23.5 Å². The van der Waals surface area contributed by atoms with Crippen molar-refractivity contribution in [3.63, 3.8) is 0 Å². The molecule has 0 amide bonds. The van der Waals surface area contributed by atoms with E-state index in [9.17, 15) is 0 Å². The Hall–Kier alpha value is -4.06. The standard InChI is InChI=1S/C42H32S4/c1-5-13-37(14-6-1)45(38-15-7-2-8-16-38)41-29-25-35(26-30-41)43-33-21-23-34(24-22-33)44-36-27-31-42(32-28-36)46(39-17-9-3-10-18-39)40-19-11-4-12-20-40/h1-32H/q+2. The van der Waals surface area contributed by atoms with Gasteiger partial charge in [-0.1, -0.05) is 96.3 Å². The summed E-state index contributed by atoms with van der Waals surface area (Å²) >= 11 is 3.62. The van der Waals surface area contributed by atoms with Crippen LogP contribution in [0.5, 0.6) is 0 Å². The van der Waals surface area contributed by atoms with E-state index in [1.54, 1.807) is 0 Å². The Kier molecular flexibility index (Phi) is 9.99. The number of benzene rings is 7. The van der Waals surface area contributed by atoms with Gasteiger partial charge in [-0.15, -0.1) is 0 Å². The predicted molar refractivity (Wildman–Crippen MR) is 198 cm³/mol. The third kappa shape index (κ3) is 7.49. The van der Waals surface area contributed by atoms with Gasteiger partial charge in [0, 0.05) is 19.6 Å². The average Bonchev–Trinajstić information content (AvgIpc) is 3.13. The van der Waals surface area contributed by atoms with Crippen molar-refractivity contribution in [1.82, 2.24) is 0 Å². The fourth-order valence-electron chi connectivity index (χ4n) is 5.18. The molecule has 0 radical (unpaired) electrons. The molecular weight excluding hydrogens is 633 g/mol. The van der Waals surface area contributed by atoms with Crippen LogP contribution in [-0.2, 0) is 21.8 Å². The lowest BCUT2D eigenvalue weighted by Crippen LogP contribution is -2.04. The topological polar surface area (TPSA) is 0 Å². The summed E-state index contributed by atoms with van der Waals surface area (Å²) in [7, 11) is -0.255. The summed E-state index contributed by atoms with van der Waals surface area (Å²) in [6, 6.07) is 70.4. The Morgan fingerprint density at radius 3 is 0.652 bits per heavy atom. The van der Waals surface area contributed by atoms with Crippen molar-refractivity contribution < 1.29 is 0 Å². The molecule has 0 aromatic heterocycles. The minimum Gasteiger partial charge on any atom is -0.0901 e. The molecule has 0 unspecified atom stereocenters. The molecular formula is C42H32S4+2. The van der Waals surface area contributed by atoms with Gasteiger partial charge < -0.3 is 0 Å². The molecule has 0 aliphatic heterocycles. The summed E-state index contributed by atoms with van der Waals surface area (Å²) in [5.41, 5.74) is 0. The average molecular weight is 665 g/mol. The molecule has 0 fully saturated rings. The summed E-state index contributed by atoms with van der Waals surface area (Å²) in [6.07, 6.45) is 0. The van der Waals surface area contributed by atoms with E-state index in [1.165, 1.54) is 49.0 Å². The van der Waals surface area contributed by atoms with Crippen LogP contribution in [0.15, 0.2) is 243 Å². The maximum Gasteiger partial charge on any atom is 0.166 e. The maximum atomic E-state index is 2.29. The molecule has 0 saturated carbocycles. The van der Waals surface area contributed by atoms with Crippen molar-refractivity contribution in [2.24, 2.45) is 0 Å². The van der Waals surface area contributed by atoms with E-state index in [2.05, 4.69) is 194 Å². The molecule has 7 rings (SSSR count). The van der Waals surface area contributed by atoms with Crippen LogP contribution >= 0.6 is 23.5 Å². The van der Waals surface area contributed by atoms with Gasteiger partial charge in [-0.25, -0.2) is 0 Å². The normalized spacial score (nSPS) is 11.2. The minimum absolute atomic E-state index is 0.128. The van der Waals surface area contributed by atoms with Gasteiger partial charge in [0.15, 0.2) is 29.4 Å². The zero-order valence-corrected chi connectivity index (χ0v) is 28.4. The Bertz CT molecular complexity index is 1720. The smallest absolute Gasteiger partial charge is 0.0901 e. The predicted octanol–water partition coefficient (Wildman–Crippen LogP) is 12.2. The van der Waals surface area contributed by atoms with Crippen molar-refractivity contribution in [2.45, 2.75) is 49.0 Å². The molecule has 0 N–H and O–H groups in total. The zero-order chi connectivity index (χ0) is 31.0. The number of hydrogen-bond acceptors (Lipinski definition) is 2. The molecule has 0 bridgehead atoms. The summed E-state index contributed by atoms with van der Waals surface area (Å²) in [6.45, 7) is 0. The summed E-state index contributed by atoms with van der Waals surface area (Å²) < 4.78 is 0. The molecule has 7 aromatic rings. The van der Waals surface area contributed by atoms with E-state index in [0.29, 0.717) is 0 Å². The highest BCUT2D eigenvalue weighted by Crippen LogP contribution is 2.37. The van der Waals surface area contributed by atoms with Crippen LogP contribution in [0.4, 0.5) is 0 Å². The number of hydrogen-bond donors (Lipinski definition) is 0. The molecule has 0 heterocycles. The lowest BCUT2D eigenvalue weighted by molar-refractivity contribution is 1.27. The van der Waals surface area contributed by atoms with Crippen molar-refractivity contribution in [1.29, 1.82) is 0 Å². The van der Waals surface area contributed by atoms with Crippen LogP contribution in [-0.4, -0.2) is 0 Å². The minimum atomic E-state index is -0.128.